The van der Waals surface area contributed by atoms with Crippen molar-refractivity contribution < 1.29 is 30.8 Å². The average Bonchev–Trinajstić information content (AvgIpc) is 3.55. The number of amides is 1. The number of carbonyl (C=O) groups is 1. The third-order valence-electron chi connectivity index (χ3n) is 5.65. The van der Waals surface area contributed by atoms with Crippen LogP contribution in [0.15, 0.2) is 74.7 Å². The van der Waals surface area contributed by atoms with Crippen LogP contribution < -0.4 is 11.1 Å². The lowest BCUT2D eigenvalue weighted by Crippen LogP contribution is -2.39. The number of hydrogen-bond acceptors (Lipinski definition) is 8. The van der Waals surface area contributed by atoms with Crippen molar-refractivity contribution in [1.82, 2.24) is 4.31 Å². The third-order valence-corrected chi connectivity index (χ3v) is 10.9. The molecule has 1 saturated heterocycles. The van der Waals surface area contributed by atoms with Crippen molar-refractivity contribution in [2.24, 2.45) is 5.73 Å². The van der Waals surface area contributed by atoms with Gasteiger partial charge in [0.05, 0.1) is 15.8 Å². The first kappa shape index (κ1) is 26.2. The minimum absolute atomic E-state index is 0.0807. The summed E-state index contributed by atoms with van der Waals surface area (Å²) in [6.45, 7) is 0.216. The summed E-state index contributed by atoms with van der Waals surface area (Å²) >= 11 is 1.04. The van der Waals surface area contributed by atoms with Crippen LogP contribution in [-0.2, 0) is 31.1 Å². The molecule has 1 aliphatic rings. The van der Waals surface area contributed by atoms with Gasteiger partial charge in [0.15, 0.2) is 0 Å². The van der Waals surface area contributed by atoms with E-state index in [1.54, 1.807) is 6.07 Å². The maximum atomic E-state index is 13.4. The minimum atomic E-state index is -4.06. The van der Waals surface area contributed by atoms with E-state index in [1.165, 1.54) is 52.8 Å². The van der Waals surface area contributed by atoms with Crippen LogP contribution >= 0.6 is 11.3 Å². The summed E-state index contributed by atoms with van der Waals surface area (Å²) in [6.07, 6.45) is 0.228. The predicted octanol–water partition coefficient (Wildman–Crippen LogP) is 3.58. The van der Waals surface area contributed by atoms with E-state index in [1.807, 2.05) is 0 Å². The van der Waals surface area contributed by atoms with Gasteiger partial charge in [-0.25, -0.2) is 26.0 Å². The second-order valence-electron chi connectivity index (χ2n) is 8.05. The Morgan fingerprint density at radius 1 is 1.08 bits per heavy atom. The zero-order chi connectivity index (χ0) is 25.9. The predicted molar refractivity (Wildman–Crippen MR) is 132 cm³/mol. The molecule has 2 heterocycles. The molecule has 9 nitrogen and oxygen atoms in total. The molecular weight excluding hydrogens is 529 g/mol. The molecule has 1 fully saturated rings. The largest absolute Gasteiger partial charge is 0.448 e. The summed E-state index contributed by atoms with van der Waals surface area (Å²) in [6, 6.07) is 12.8. The van der Waals surface area contributed by atoms with Gasteiger partial charge >= 0.3 is 6.09 Å². The van der Waals surface area contributed by atoms with Crippen molar-refractivity contribution in [2.45, 2.75) is 39.4 Å². The number of anilines is 1. The summed E-state index contributed by atoms with van der Waals surface area (Å²) in [4.78, 5) is 12.5. The highest BCUT2D eigenvalue weighted by Crippen LogP contribution is 2.31. The molecule has 2 aromatic carbocycles. The molecule has 36 heavy (non-hydrogen) atoms. The molecule has 0 unspecified atom stereocenters. The minimum Gasteiger partial charge on any atom is -0.448 e. The number of nitrogens with two attached hydrogens (primary N) is 1. The number of hydrogen-bond donors (Lipinski definition) is 2. The lowest BCUT2D eigenvalue weighted by atomic mass is 10.2. The van der Waals surface area contributed by atoms with Gasteiger partial charge in [-0.15, -0.1) is 11.3 Å². The topological polar surface area (TPSA) is 136 Å². The molecule has 13 heteroatoms. The normalized spacial score (nSPS) is 16.7. The number of nitrogens with zero attached hydrogens (tertiary/aromatic N) is 1. The second-order valence-corrected chi connectivity index (χ2v) is 13.3. The Balaban J connectivity index is 1.48. The number of nitrogens with one attached hydrogen (secondary N) is 1. The first-order valence-corrected chi connectivity index (χ1v) is 14.7. The number of sulfonamides is 1. The number of ether oxygens (including phenoxy) is 1. The summed E-state index contributed by atoms with van der Waals surface area (Å²) in [7, 11) is -7.99. The fraction of sp³-hybridized carbons (Fsp3) is 0.261. The fourth-order valence-corrected chi connectivity index (χ4v) is 8.30. The number of rotatable bonds is 8. The van der Waals surface area contributed by atoms with Crippen LogP contribution in [-0.4, -0.2) is 46.4 Å². The van der Waals surface area contributed by atoms with E-state index in [-0.39, 0.29) is 33.7 Å². The van der Waals surface area contributed by atoms with Crippen LogP contribution in [0.2, 0.25) is 0 Å². The lowest BCUT2D eigenvalue weighted by molar-refractivity contribution is 0.139. The number of thiophene rings is 1. The molecule has 1 aliphatic heterocycles. The SMILES string of the molecule is NCc1ccc(S(=O)(=O)c2cccc(S(=O)(=O)N3CCC[C@H]3COC(=O)Nc3ccc(F)cc3)c2)s1. The molecular formula is C23H24FN3O6S3. The van der Waals surface area contributed by atoms with Gasteiger partial charge in [-0.2, -0.15) is 4.31 Å². The Labute approximate surface area is 212 Å². The Kier molecular flexibility index (Phi) is 7.76. The zero-order valence-corrected chi connectivity index (χ0v) is 21.4. The van der Waals surface area contributed by atoms with Crippen molar-refractivity contribution in [1.29, 1.82) is 0 Å². The molecule has 0 radical (unpaired) electrons. The Morgan fingerprint density at radius 3 is 2.50 bits per heavy atom. The highest BCUT2D eigenvalue weighted by molar-refractivity contribution is 7.93. The number of sulfone groups is 1. The molecule has 192 valence electrons. The number of benzene rings is 2. The maximum absolute atomic E-state index is 13.4. The Hall–Kier alpha value is -2.84. The molecule has 0 spiro atoms. The average molecular weight is 554 g/mol. The van der Waals surface area contributed by atoms with Gasteiger partial charge in [0, 0.05) is 23.7 Å². The van der Waals surface area contributed by atoms with Gasteiger partial charge in [-0.05, 0) is 67.4 Å². The van der Waals surface area contributed by atoms with Crippen molar-refractivity contribution in [3.63, 3.8) is 0 Å². The molecule has 1 amide bonds. The molecule has 3 N–H and O–H groups in total. The third kappa shape index (κ3) is 5.60. The molecule has 3 aromatic rings. The van der Waals surface area contributed by atoms with Crippen LogP contribution in [0.5, 0.6) is 0 Å². The van der Waals surface area contributed by atoms with Gasteiger partial charge in [0.1, 0.15) is 16.6 Å². The van der Waals surface area contributed by atoms with Crippen LogP contribution in [0.3, 0.4) is 0 Å². The van der Waals surface area contributed by atoms with Gasteiger partial charge in [0.25, 0.3) is 0 Å². The summed E-state index contributed by atoms with van der Waals surface area (Å²) < 4.78 is 72.4. The quantitative estimate of drug-likeness (QED) is 0.435. The van der Waals surface area contributed by atoms with Crippen molar-refractivity contribution in [2.75, 3.05) is 18.5 Å². The van der Waals surface area contributed by atoms with E-state index >= 15 is 0 Å². The standard InChI is InChI=1S/C23H24FN3O6S3/c24-16-6-8-17(9-7-16)26-23(28)33-15-18-3-2-12-27(18)36(31,32)21-5-1-4-20(13-21)35(29,30)22-11-10-19(14-25)34-22/h1,4-11,13,18H,2-3,12,14-15,25H2,(H,26,28)/t18-/m0/s1. The van der Waals surface area contributed by atoms with E-state index in [0.717, 1.165) is 17.4 Å². The smallest absolute Gasteiger partial charge is 0.411 e. The van der Waals surface area contributed by atoms with E-state index in [4.69, 9.17) is 10.5 Å². The van der Waals surface area contributed by atoms with Gasteiger partial charge < -0.3 is 10.5 Å². The molecule has 1 atom stereocenters. The van der Waals surface area contributed by atoms with E-state index in [9.17, 15) is 26.0 Å². The Morgan fingerprint density at radius 2 is 1.81 bits per heavy atom. The first-order valence-electron chi connectivity index (χ1n) is 11.0. The van der Waals surface area contributed by atoms with Crippen molar-refractivity contribution >= 4 is 43.0 Å². The molecule has 0 aliphatic carbocycles. The monoisotopic (exact) mass is 553 g/mol. The molecule has 1 aromatic heterocycles. The van der Waals surface area contributed by atoms with Crippen molar-refractivity contribution in [3.05, 3.63) is 71.4 Å². The summed E-state index contributed by atoms with van der Waals surface area (Å²) in [5.41, 5.74) is 5.91. The second kappa shape index (κ2) is 10.6. The molecule has 4 rings (SSSR count). The molecule has 0 bridgehead atoms. The Bertz CT molecular complexity index is 1460. The summed E-state index contributed by atoms with van der Waals surface area (Å²) in [5, 5.41) is 2.45. The highest BCUT2D eigenvalue weighted by Gasteiger charge is 2.36. The highest BCUT2D eigenvalue weighted by atomic mass is 32.2. The van der Waals surface area contributed by atoms with Gasteiger partial charge in [-0.3, -0.25) is 5.32 Å². The molecule has 0 saturated carbocycles. The number of carbonyl (C=O) groups excluding carboxylic acids is 1. The first-order chi connectivity index (χ1) is 17.1. The van der Waals surface area contributed by atoms with Gasteiger partial charge in [-0.1, -0.05) is 6.07 Å². The van der Waals surface area contributed by atoms with Crippen molar-refractivity contribution in [3.8, 4) is 0 Å². The summed E-state index contributed by atoms with van der Waals surface area (Å²) in [5.74, 6) is -0.451. The maximum Gasteiger partial charge on any atom is 0.411 e. The van der Waals surface area contributed by atoms with Gasteiger partial charge in [0.2, 0.25) is 19.9 Å². The van der Waals surface area contributed by atoms with Crippen LogP contribution in [0.4, 0.5) is 14.9 Å². The fourth-order valence-electron chi connectivity index (χ4n) is 3.82. The zero-order valence-electron chi connectivity index (χ0n) is 19.0. The van der Waals surface area contributed by atoms with E-state index in [2.05, 4.69) is 5.32 Å². The number of halogens is 1. The van der Waals surface area contributed by atoms with Crippen LogP contribution in [0.1, 0.15) is 17.7 Å². The van der Waals surface area contributed by atoms with Crippen LogP contribution in [0, 0.1) is 5.82 Å². The van der Waals surface area contributed by atoms with E-state index in [0.29, 0.717) is 23.4 Å². The van der Waals surface area contributed by atoms with Crippen LogP contribution in [0.25, 0.3) is 0 Å². The lowest BCUT2D eigenvalue weighted by Gasteiger charge is -2.24. The van der Waals surface area contributed by atoms with E-state index < -0.39 is 37.8 Å².